The lowest BCUT2D eigenvalue weighted by Gasteiger charge is -1.98. The Bertz CT molecular complexity index is 436. The second-order valence-corrected chi connectivity index (χ2v) is 4.10. The van der Waals surface area contributed by atoms with Crippen LogP contribution in [0.4, 0.5) is 0 Å². The number of hydrogen-bond acceptors (Lipinski definition) is 5. The van der Waals surface area contributed by atoms with Gasteiger partial charge in [0.05, 0.1) is 29.2 Å². The van der Waals surface area contributed by atoms with Gasteiger partial charge in [-0.25, -0.2) is 4.98 Å². The zero-order chi connectivity index (χ0) is 10.7. The second kappa shape index (κ2) is 4.41. The number of aromatic nitrogens is 4. The van der Waals surface area contributed by atoms with Crippen molar-refractivity contribution in [1.82, 2.24) is 19.7 Å². The maximum atomic E-state index is 5.43. The number of aryl methyl sites for hydroxylation is 1. The Kier molecular flexibility index (Phi) is 2.98. The first-order valence-electron chi connectivity index (χ1n) is 4.45. The van der Waals surface area contributed by atoms with Gasteiger partial charge in [-0.15, -0.1) is 0 Å². The van der Waals surface area contributed by atoms with Gasteiger partial charge in [-0.05, 0) is 0 Å². The average Bonchev–Trinajstić information content (AvgIpc) is 2.65. The predicted octanol–water partition coefficient (Wildman–Crippen LogP) is 0.820. The van der Waals surface area contributed by atoms with Gasteiger partial charge in [-0.1, -0.05) is 11.8 Å². The van der Waals surface area contributed by atoms with Crippen molar-refractivity contribution in [2.45, 2.75) is 16.5 Å². The summed E-state index contributed by atoms with van der Waals surface area (Å²) in [7, 11) is 1.88. The van der Waals surface area contributed by atoms with Crippen LogP contribution in [0.2, 0.25) is 0 Å². The second-order valence-electron chi connectivity index (χ2n) is 3.00. The van der Waals surface area contributed by atoms with Crippen LogP contribution in [-0.2, 0) is 13.6 Å². The highest BCUT2D eigenvalue weighted by molar-refractivity contribution is 7.99. The van der Waals surface area contributed by atoms with Crippen molar-refractivity contribution in [1.29, 1.82) is 0 Å². The van der Waals surface area contributed by atoms with Gasteiger partial charge in [0, 0.05) is 19.8 Å². The Balaban J connectivity index is 2.11. The van der Waals surface area contributed by atoms with Gasteiger partial charge in [0.15, 0.2) is 0 Å². The minimum Gasteiger partial charge on any atom is -0.325 e. The van der Waals surface area contributed by atoms with E-state index in [1.165, 1.54) is 11.8 Å². The third-order valence-electron chi connectivity index (χ3n) is 1.79. The SMILES string of the molecule is Cn1cc(Sc2cnc(CN)cn2)cn1. The summed E-state index contributed by atoms with van der Waals surface area (Å²) in [4.78, 5) is 9.45. The van der Waals surface area contributed by atoms with Gasteiger partial charge in [0.2, 0.25) is 0 Å². The first-order chi connectivity index (χ1) is 7.28. The Labute approximate surface area is 91.7 Å². The Morgan fingerprint density at radius 2 is 2.20 bits per heavy atom. The molecule has 2 N–H and O–H groups in total. The lowest BCUT2D eigenvalue weighted by molar-refractivity contribution is 0.766. The van der Waals surface area contributed by atoms with Crippen LogP contribution in [0.1, 0.15) is 5.69 Å². The molecule has 2 heterocycles. The molecule has 78 valence electrons. The van der Waals surface area contributed by atoms with Crippen LogP contribution in [0.3, 0.4) is 0 Å². The van der Waals surface area contributed by atoms with E-state index in [0.717, 1.165) is 15.6 Å². The zero-order valence-electron chi connectivity index (χ0n) is 8.29. The molecule has 2 aromatic heterocycles. The van der Waals surface area contributed by atoms with Gasteiger partial charge in [0.1, 0.15) is 5.03 Å². The summed E-state index contributed by atoms with van der Waals surface area (Å²) in [6, 6.07) is 0. The van der Waals surface area contributed by atoms with Crippen molar-refractivity contribution >= 4 is 11.8 Å². The smallest absolute Gasteiger partial charge is 0.119 e. The Morgan fingerprint density at radius 3 is 2.73 bits per heavy atom. The lowest BCUT2D eigenvalue weighted by atomic mass is 10.5. The fourth-order valence-corrected chi connectivity index (χ4v) is 1.83. The van der Waals surface area contributed by atoms with Crippen LogP contribution in [0.5, 0.6) is 0 Å². The highest BCUT2D eigenvalue weighted by atomic mass is 32.2. The zero-order valence-corrected chi connectivity index (χ0v) is 9.11. The number of nitrogens with two attached hydrogens (primary N) is 1. The molecule has 0 atom stereocenters. The van der Waals surface area contributed by atoms with E-state index < -0.39 is 0 Å². The Morgan fingerprint density at radius 1 is 1.33 bits per heavy atom. The average molecular weight is 221 g/mol. The lowest BCUT2D eigenvalue weighted by Crippen LogP contribution is -1.99. The number of nitrogens with zero attached hydrogens (tertiary/aromatic N) is 4. The van der Waals surface area contributed by atoms with Gasteiger partial charge in [-0.3, -0.25) is 9.67 Å². The molecule has 0 amide bonds. The molecule has 0 fully saturated rings. The van der Waals surface area contributed by atoms with E-state index >= 15 is 0 Å². The molecule has 6 heteroatoms. The normalized spacial score (nSPS) is 10.5. The molecule has 0 bridgehead atoms. The summed E-state index contributed by atoms with van der Waals surface area (Å²) in [5.41, 5.74) is 6.23. The minimum atomic E-state index is 0.421. The molecule has 0 aliphatic carbocycles. The van der Waals surface area contributed by atoms with Crippen molar-refractivity contribution in [3.05, 3.63) is 30.5 Å². The van der Waals surface area contributed by atoms with E-state index in [2.05, 4.69) is 15.1 Å². The van der Waals surface area contributed by atoms with E-state index in [0.29, 0.717) is 6.54 Å². The van der Waals surface area contributed by atoms with Crippen LogP contribution < -0.4 is 5.73 Å². The monoisotopic (exact) mass is 221 g/mol. The highest BCUT2D eigenvalue weighted by Crippen LogP contribution is 2.24. The van der Waals surface area contributed by atoms with Gasteiger partial charge in [0.25, 0.3) is 0 Å². The van der Waals surface area contributed by atoms with Gasteiger partial charge < -0.3 is 5.73 Å². The summed E-state index contributed by atoms with van der Waals surface area (Å²) < 4.78 is 1.75. The molecule has 0 radical (unpaired) electrons. The molecule has 0 saturated carbocycles. The molecule has 0 aliphatic rings. The Hall–Kier alpha value is -1.40. The van der Waals surface area contributed by atoms with Crippen molar-refractivity contribution < 1.29 is 0 Å². The first-order valence-corrected chi connectivity index (χ1v) is 5.27. The van der Waals surface area contributed by atoms with Crippen molar-refractivity contribution in [3.63, 3.8) is 0 Å². The van der Waals surface area contributed by atoms with Crippen LogP contribution in [0.15, 0.2) is 34.7 Å². The van der Waals surface area contributed by atoms with Crippen LogP contribution in [0, 0.1) is 0 Å². The number of hydrogen-bond donors (Lipinski definition) is 1. The topological polar surface area (TPSA) is 69.6 Å². The molecule has 0 saturated heterocycles. The van der Waals surface area contributed by atoms with Gasteiger partial charge in [-0.2, -0.15) is 5.10 Å². The maximum absolute atomic E-state index is 5.43. The summed E-state index contributed by atoms with van der Waals surface area (Å²) in [6.45, 7) is 0.421. The van der Waals surface area contributed by atoms with Crippen molar-refractivity contribution in [2.24, 2.45) is 12.8 Å². The molecule has 0 unspecified atom stereocenters. The summed E-state index contributed by atoms with van der Waals surface area (Å²) in [6.07, 6.45) is 7.14. The summed E-state index contributed by atoms with van der Waals surface area (Å²) >= 11 is 1.53. The molecule has 0 aromatic carbocycles. The van der Waals surface area contributed by atoms with Crippen molar-refractivity contribution in [2.75, 3.05) is 0 Å². The quantitative estimate of drug-likeness (QED) is 0.831. The van der Waals surface area contributed by atoms with E-state index in [-0.39, 0.29) is 0 Å². The summed E-state index contributed by atoms with van der Waals surface area (Å²) in [5, 5.41) is 4.92. The van der Waals surface area contributed by atoms with Gasteiger partial charge >= 0.3 is 0 Å². The minimum absolute atomic E-state index is 0.421. The van der Waals surface area contributed by atoms with Crippen LogP contribution in [0.25, 0.3) is 0 Å². The molecule has 2 rings (SSSR count). The highest BCUT2D eigenvalue weighted by Gasteiger charge is 2.01. The first kappa shape index (κ1) is 10.1. The van der Waals surface area contributed by atoms with E-state index in [1.807, 2.05) is 13.2 Å². The predicted molar refractivity (Wildman–Crippen MR) is 57.3 cm³/mol. The standard InChI is InChI=1S/C9H11N5S/c1-14-6-8(4-13-14)15-9-5-11-7(2-10)3-12-9/h3-6H,2,10H2,1H3. The fourth-order valence-electron chi connectivity index (χ4n) is 1.07. The summed E-state index contributed by atoms with van der Waals surface area (Å²) in [5.74, 6) is 0. The molecule has 0 spiro atoms. The van der Waals surface area contributed by atoms with Crippen LogP contribution >= 0.6 is 11.8 Å². The molecular formula is C9H11N5S. The van der Waals surface area contributed by atoms with Crippen molar-refractivity contribution in [3.8, 4) is 0 Å². The van der Waals surface area contributed by atoms with E-state index in [4.69, 9.17) is 5.73 Å². The third kappa shape index (κ3) is 2.54. The van der Waals surface area contributed by atoms with E-state index in [9.17, 15) is 0 Å². The molecule has 5 nitrogen and oxygen atoms in total. The maximum Gasteiger partial charge on any atom is 0.119 e. The number of rotatable bonds is 3. The molecule has 0 aliphatic heterocycles. The largest absolute Gasteiger partial charge is 0.325 e. The van der Waals surface area contributed by atoms with E-state index in [1.54, 1.807) is 23.3 Å². The van der Waals surface area contributed by atoms with Crippen LogP contribution in [-0.4, -0.2) is 19.7 Å². The molecule has 15 heavy (non-hydrogen) atoms. The fraction of sp³-hybridized carbons (Fsp3) is 0.222. The third-order valence-corrected chi connectivity index (χ3v) is 2.66. The molecular weight excluding hydrogens is 210 g/mol. The molecule has 2 aromatic rings.